The SMILES string of the molecule is C[C@@H](OC(=O)c1ccc(S(C)(=O)=O)cc1)C(=O)c1ccc(C(C)(C)C)cc1. The van der Waals surface area contributed by atoms with Crippen molar-refractivity contribution in [3.8, 4) is 0 Å². The highest BCUT2D eigenvalue weighted by Gasteiger charge is 2.22. The maximum Gasteiger partial charge on any atom is 0.338 e. The topological polar surface area (TPSA) is 77.5 Å². The Hall–Kier alpha value is -2.47. The lowest BCUT2D eigenvalue weighted by Crippen LogP contribution is -2.24. The first-order chi connectivity index (χ1) is 12.4. The molecule has 1 atom stereocenters. The lowest BCUT2D eigenvalue weighted by Gasteiger charge is -2.19. The fraction of sp³-hybridized carbons (Fsp3) is 0.333. The van der Waals surface area contributed by atoms with Crippen LogP contribution in [-0.2, 0) is 20.0 Å². The third kappa shape index (κ3) is 5.26. The van der Waals surface area contributed by atoms with Gasteiger partial charge in [0, 0.05) is 11.8 Å². The van der Waals surface area contributed by atoms with E-state index in [1.807, 2.05) is 12.1 Å². The Balaban J connectivity index is 2.08. The van der Waals surface area contributed by atoms with Crippen LogP contribution < -0.4 is 0 Å². The summed E-state index contributed by atoms with van der Waals surface area (Å²) in [6, 6.07) is 12.7. The molecule has 0 unspecified atom stereocenters. The van der Waals surface area contributed by atoms with Crippen molar-refractivity contribution in [1.29, 1.82) is 0 Å². The summed E-state index contributed by atoms with van der Waals surface area (Å²) in [5, 5.41) is 0. The van der Waals surface area contributed by atoms with Crippen molar-refractivity contribution in [1.82, 2.24) is 0 Å². The zero-order chi connectivity index (χ0) is 20.4. The average Bonchev–Trinajstić information content (AvgIpc) is 2.59. The van der Waals surface area contributed by atoms with Crippen LogP contribution in [0.2, 0.25) is 0 Å². The molecule has 0 radical (unpaired) electrons. The average molecular weight is 388 g/mol. The smallest absolute Gasteiger partial charge is 0.338 e. The standard InChI is InChI=1S/C21H24O5S/c1-14(19(22)15-6-10-17(11-7-15)21(2,3)4)26-20(23)16-8-12-18(13-9-16)27(5,24)25/h6-14H,1-5H3/t14-/m1/s1. The summed E-state index contributed by atoms with van der Waals surface area (Å²) in [6.07, 6.45) is 0.138. The molecule has 2 rings (SSSR count). The molecule has 0 aliphatic carbocycles. The Kier molecular flexibility index (Phi) is 5.90. The number of hydrogen-bond acceptors (Lipinski definition) is 5. The predicted octanol–water partition coefficient (Wildman–Crippen LogP) is 3.82. The third-order valence-corrected chi connectivity index (χ3v) is 5.34. The highest BCUT2D eigenvalue weighted by Crippen LogP contribution is 2.23. The molecule has 0 fully saturated rings. The normalized spacial score (nSPS) is 13.1. The lowest BCUT2D eigenvalue weighted by atomic mass is 9.86. The lowest BCUT2D eigenvalue weighted by molar-refractivity contribution is 0.0318. The van der Waals surface area contributed by atoms with Gasteiger partial charge in [-0.05, 0) is 42.2 Å². The number of hydrogen-bond donors (Lipinski definition) is 0. The maximum atomic E-state index is 12.5. The van der Waals surface area contributed by atoms with Crippen LogP contribution in [0.4, 0.5) is 0 Å². The number of rotatable bonds is 5. The number of carbonyl (C=O) groups excluding carboxylic acids is 2. The Morgan fingerprint density at radius 2 is 1.37 bits per heavy atom. The second-order valence-electron chi connectivity index (χ2n) is 7.54. The molecular formula is C21H24O5S. The largest absolute Gasteiger partial charge is 0.451 e. The van der Waals surface area contributed by atoms with Crippen molar-refractivity contribution in [2.45, 2.75) is 44.1 Å². The quantitative estimate of drug-likeness (QED) is 0.575. The molecule has 0 N–H and O–H groups in total. The zero-order valence-corrected chi connectivity index (χ0v) is 17.0. The van der Waals surface area contributed by atoms with Crippen LogP contribution in [0.15, 0.2) is 53.4 Å². The van der Waals surface area contributed by atoms with Gasteiger partial charge in [-0.2, -0.15) is 0 Å². The van der Waals surface area contributed by atoms with Gasteiger partial charge >= 0.3 is 5.97 Å². The monoisotopic (exact) mass is 388 g/mol. The molecule has 0 saturated heterocycles. The number of benzene rings is 2. The molecule has 2 aromatic rings. The molecule has 27 heavy (non-hydrogen) atoms. The van der Waals surface area contributed by atoms with Gasteiger partial charge in [-0.1, -0.05) is 45.0 Å². The van der Waals surface area contributed by atoms with E-state index in [0.717, 1.165) is 11.8 Å². The first-order valence-corrected chi connectivity index (χ1v) is 10.4. The van der Waals surface area contributed by atoms with E-state index in [2.05, 4.69) is 20.8 Å². The second kappa shape index (κ2) is 7.64. The van der Waals surface area contributed by atoms with Crippen molar-refractivity contribution in [2.24, 2.45) is 0 Å². The van der Waals surface area contributed by atoms with Crippen molar-refractivity contribution >= 4 is 21.6 Å². The highest BCUT2D eigenvalue weighted by atomic mass is 32.2. The third-order valence-electron chi connectivity index (χ3n) is 4.21. The number of ketones is 1. The van der Waals surface area contributed by atoms with Gasteiger partial charge < -0.3 is 4.74 Å². The first kappa shape index (κ1) is 20.8. The van der Waals surface area contributed by atoms with Gasteiger partial charge in [-0.15, -0.1) is 0 Å². The Morgan fingerprint density at radius 1 is 0.889 bits per heavy atom. The summed E-state index contributed by atoms with van der Waals surface area (Å²) in [7, 11) is -3.34. The van der Waals surface area contributed by atoms with E-state index in [9.17, 15) is 18.0 Å². The first-order valence-electron chi connectivity index (χ1n) is 8.55. The molecule has 0 spiro atoms. The van der Waals surface area contributed by atoms with Gasteiger partial charge in [0.05, 0.1) is 10.5 Å². The Morgan fingerprint density at radius 3 is 1.81 bits per heavy atom. The predicted molar refractivity (Wildman–Crippen MR) is 104 cm³/mol. The summed E-state index contributed by atoms with van der Waals surface area (Å²) >= 11 is 0. The van der Waals surface area contributed by atoms with E-state index < -0.39 is 21.9 Å². The van der Waals surface area contributed by atoms with Crippen molar-refractivity contribution < 1.29 is 22.7 Å². The molecule has 6 heteroatoms. The maximum absolute atomic E-state index is 12.5. The molecule has 0 heterocycles. The van der Waals surface area contributed by atoms with Crippen LogP contribution in [-0.4, -0.2) is 32.5 Å². The molecule has 144 valence electrons. The summed E-state index contributed by atoms with van der Waals surface area (Å²) < 4.78 is 28.2. The highest BCUT2D eigenvalue weighted by molar-refractivity contribution is 7.90. The second-order valence-corrected chi connectivity index (χ2v) is 9.55. The van der Waals surface area contributed by atoms with Crippen molar-refractivity contribution in [3.05, 3.63) is 65.2 Å². The van der Waals surface area contributed by atoms with Crippen LogP contribution in [0.1, 0.15) is 54.0 Å². The summed E-state index contributed by atoms with van der Waals surface area (Å²) in [5.74, 6) is -0.973. The molecule has 0 amide bonds. The van der Waals surface area contributed by atoms with Crippen molar-refractivity contribution in [3.63, 3.8) is 0 Å². The number of carbonyl (C=O) groups is 2. The van der Waals surface area contributed by atoms with E-state index in [1.54, 1.807) is 12.1 Å². The molecule has 0 aliphatic rings. The van der Waals surface area contributed by atoms with Crippen molar-refractivity contribution in [2.75, 3.05) is 6.26 Å². The van der Waals surface area contributed by atoms with Crippen LogP contribution in [0.5, 0.6) is 0 Å². The molecule has 0 aromatic heterocycles. The van der Waals surface area contributed by atoms with Gasteiger partial charge in [-0.3, -0.25) is 4.79 Å². The van der Waals surface area contributed by atoms with E-state index in [0.29, 0.717) is 5.56 Å². The zero-order valence-electron chi connectivity index (χ0n) is 16.1. The van der Waals surface area contributed by atoms with Gasteiger partial charge in [0.15, 0.2) is 15.9 Å². The van der Waals surface area contributed by atoms with Gasteiger partial charge in [0.1, 0.15) is 0 Å². The fourth-order valence-electron chi connectivity index (χ4n) is 2.49. The van der Waals surface area contributed by atoms with Crippen LogP contribution in [0.25, 0.3) is 0 Å². The van der Waals surface area contributed by atoms with Gasteiger partial charge in [0.2, 0.25) is 5.78 Å². The number of sulfone groups is 1. The minimum atomic E-state index is -3.34. The molecule has 0 aliphatic heterocycles. The van der Waals surface area contributed by atoms with E-state index >= 15 is 0 Å². The summed E-state index contributed by atoms with van der Waals surface area (Å²) in [6.45, 7) is 7.78. The minimum Gasteiger partial charge on any atom is -0.451 e. The molecule has 5 nitrogen and oxygen atoms in total. The van der Waals surface area contributed by atoms with E-state index in [1.165, 1.54) is 31.2 Å². The fourth-order valence-corrected chi connectivity index (χ4v) is 3.12. The van der Waals surface area contributed by atoms with Crippen LogP contribution in [0.3, 0.4) is 0 Å². The summed E-state index contributed by atoms with van der Waals surface area (Å²) in [5.41, 5.74) is 1.74. The van der Waals surface area contributed by atoms with E-state index in [4.69, 9.17) is 4.74 Å². The van der Waals surface area contributed by atoms with Crippen LogP contribution >= 0.6 is 0 Å². The van der Waals surface area contributed by atoms with Crippen LogP contribution in [0, 0.1) is 0 Å². The van der Waals surface area contributed by atoms with Gasteiger partial charge in [0.25, 0.3) is 0 Å². The summed E-state index contributed by atoms with van der Waals surface area (Å²) in [4.78, 5) is 24.8. The number of ether oxygens (including phenoxy) is 1. The molecule has 2 aromatic carbocycles. The molecule has 0 saturated carbocycles. The number of Topliss-reactive ketones (excluding diaryl/α,β-unsaturated/α-hetero) is 1. The number of esters is 1. The molecular weight excluding hydrogens is 364 g/mol. The Labute approximate surface area is 160 Å². The minimum absolute atomic E-state index is 0.0161. The Bertz CT molecular complexity index is 934. The van der Waals surface area contributed by atoms with E-state index in [-0.39, 0.29) is 21.7 Å². The van der Waals surface area contributed by atoms with Gasteiger partial charge in [-0.25, -0.2) is 13.2 Å². The molecule has 0 bridgehead atoms.